The Morgan fingerprint density at radius 1 is 0.667 bits per heavy atom. The monoisotopic (exact) mass is 524 g/mol. The Hall–Kier alpha value is -0.903. The summed E-state index contributed by atoms with van der Waals surface area (Å²) < 4.78 is 0. The molecule has 0 saturated carbocycles. The predicted molar refractivity (Wildman–Crippen MR) is 103 cm³/mol. The van der Waals surface area contributed by atoms with Crippen molar-refractivity contribution in [2.75, 3.05) is 13.1 Å². The van der Waals surface area contributed by atoms with Crippen molar-refractivity contribution in [3.63, 3.8) is 0 Å². The molecule has 0 aliphatic rings. The van der Waals surface area contributed by atoms with E-state index in [9.17, 15) is 0 Å². The Labute approximate surface area is 199 Å². The van der Waals surface area contributed by atoms with Crippen molar-refractivity contribution in [1.29, 1.82) is 0 Å². The molecule has 2 N–H and O–H groups in total. The maximum absolute atomic E-state index is 6.26. The van der Waals surface area contributed by atoms with Gasteiger partial charge in [0.25, 0.3) is 0 Å². The van der Waals surface area contributed by atoms with Crippen molar-refractivity contribution < 1.29 is 52.2 Å². The summed E-state index contributed by atoms with van der Waals surface area (Å²) in [5.74, 6) is 0. The van der Waals surface area contributed by atoms with Crippen molar-refractivity contribution in [3.05, 3.63) is 76.9 Å². The summed E-state index contributed by atoms with van der Waals surface area (Å²) in [5, 5.41) is 0. The summed E-state index contributed by atoms with van der Waals surface area (Å²) in [5.41, 5.74) is 19.6. The molecule has 0 amide bonds. The third-order valence-electron chi connectivity index (χ3n) is 3.45. The molecule has 139 valence electrons. The molecule has 0 aromatic carbocycles. The fourth-order valence-electron chi connectivity index (χ4n) is 2.28. The Morgan fingerprint density at radius 2 is 1.04 bits per heavy atom. The second kappa shape index (κ2) is 13.3. The van der Waals surface area contributed by atoms with Crippen LogP contribution in [0.15, 0.2) is 48.8 Å². The summed E-state index contributed by atoms with van der Waals surface area (Å²) in [4.78, 5) is 13.6. The Bertz CT molecular complexity index is 776. The van der Waals surface area contributed by atoms with Crippen LogP contribution in [0.5, 0.6) is 0 Å². The van der Waals surface area contributed by atoms with Gasteiger partial charge >= 0.3 is 19.5 Å². The van der Waals surface area contributed by atoms with E-state index in [1.165, 1.54) is 11.1 Å². The second-order valence-corrected chi connectivity index (χ2v) is 5.85. The van der Waals surface area contributed by atoms with Crippen molar-refractivity contribution in [1.82, 2.24) is 15.0 Å². The zero-order valence-corrected chi connectivity index (χ0v) is 20.4. The van der Waals surface area contributed by atoms with Crippen LogP contribution in [0.3, 0.4) is 0 Å². The third-order valence-corrected chi connectivity index (χ3v) is 3.45. The number of pyridine rings is 3. The first-order valence-corrected chi connectivity index (χ1v) is 8.17. The molecular weight excluding hydrogens is 500 g/mol. The fourth-order valence-corrected chi connectivity index (χ4v) is 2.28. The summed E-state index contributed by atoms with van der Waals surface area (Å²) in [7, 11) is 0. The van der Waals surface area contributed by atoms with E-state index in [1.807, 2.05) is 24.5 Å². The molecule has 0 spiro atoms. The van der Waals surface area contributed by atoms with E-state index in [-0.39, 0.29) is 65.3 Å². The summed E-state index contributed by atoms with van der Waals surface area (Å²) >= 11 is 0. The van der Waals surface area contributed by atoms with Crippen molar-refractivity contribution >= 4 is 0 Å². The minimum Gasteiger partial charge on any atom is -0.679 e. The number of aryl methyl sites for hydroxylation is 3. The van der Waals surface area contributed by atoms with E-state index in [0.717, 1.165) is 28.3 Å². The van der Waals surface area contributed by atoms with Gasteiger partial charge in [0.2, 0.25) is 0 Å². The molecule has 0 atom stereocenters. The molecule has 0 aliphatic carbocycles. The van der Waals surface area contributed by atoms with Crippen LogP contribution >= 0.6 is 0 Å². The Kier molecular flexibility index (Phi) is 12.9. The normalized spacial score (nSPS) is 9.37. The zero-order chi connectivity index (χ0) is 18.2. The van der Waals surface area contributed by atoms with Crippen molar-refractivity contribution in [3.8, 4) is 22.8 Å². The summed E-state index contributed by atoms with van der Waals surface area (Å²) in [6, 6.07) is 12.2. The number of rotatable bonds is 3. The van der Waals surface area contributed by atoms with Gasteiger partial charge in [0.1, 0.15) is 0 Å². The molecule has 3 heterocycles. The first-order chi connectivity index (χ1) is 12.0. The van der Waals surface area contributed by atoms with Gasteiger partial charge in [-0.15, -0.1) is 0 Å². The molecule has 1 radical (unpaired) electrons. The average molecular weight is 523 g/mol. The van der Waals surface area contributed by atoms with Crippen LogP contribution in [0.1, 0.15) is 16.7 Å². The van der Waals surface area contributed by atoms with Gasteiger partial charge in [-0.1, -0.05) is 0 Å². The molecule has 0 fully saturated rings. The zero-order valence-electron chi connectivity index (χ0n) is 15.8. The van der Waals surface area contributed by atoms with Gasteiger partial charge in [-0.3, -0.25) is 9.97 Å². The van der Waals surface area contributed by atoms with E-state index in [0.29, 0.717) is 0 Å². The van der Waals surface area contributed by atoms with Crippen LogP contribution in [0, 0.1) is 20.8 Å². The smallest absolute Gasteiger partial charge is 0.679 e. The van der Waals surface area contributed by atoms with Crippen LogP contribution < -0.4 is 0 Å². The molecule has 7 heteroatoms. The number of nitrogens with one attached hydrogen (secondary N) is 2. The molecule has 3 rings (SSSR count). The summed E-state index contributed by atoms with van der Waals surface area (Å²) in [6.07, 6.45) is 3.64. The SMILES string of the molecule is Cc1ccnc(-c2cc(C)cc(-c3cc(C)ccn3)n2)c1.[NH-]CC[NH-].[Ru+2].[Y]. The maximum Gasteiger partial charge on any atom is 2.00 e. The number of hydrogen-bond acceptors (Lipinski definition) is 3. The van der Waals surface area contributed by atoms with Gasteiger partial charge in [-0.25, -0.2) is 4.98 Å². The molecule has 3 aromatic rings. The van der Waals surface area contributed by atoms with E-state index >= 15 is 0 Å². The minimum atomic E-state index is 0. The van der Waals surface area contributed by atoms with Crippen LogP contribution in [-0.2, 0) is 52.2 Å². The van der Waals surface area contributed by atoms with E-state index < -0.39 is 0 Å². The first kappa shape index (κ1) is 26.1. The van der Waals surface area contributed by atoms with Crippen LogP contribution in [-0.4, -0.2) is 28.0 Å². The number of hydrogen-bond donors (Lipinski definition) is 0. The second-order valence-electron chi connectivity index (χ2n) is 5.85. The van der Waals surface area contributed by atoms with E-state index in [4.69, 9.17) is 16.5 Å². The van der Waals surface area contributed by atoms with Crippen LogP contribution in [0.4, 0.5) is 0 Å². The quantitative estimate of drug-likeness (QED) is 0.442. The first-order valence-electron chi connectivity index (χ1n) is 8.17. The molecule has 5 nitrogen and oxygen atoms in total. The van der Waals surface area contributed by atoms with Gasteiger partial charge in [0.05, 0.1) is 22.8 Å². The molecule has 0 unspecified atom stereocenters. The molecule has 3 aromatic heterocycles. The predicted octanol–water partition coefficient (Wildman–Crippen LogP) is 5.22. The third kappa shape index (κ3) is 8.33. The molecule has 0 saturated heterocycles. The fraction of sp³-hybridized carbons (Fsp3) is 0.250. The van der Waals surface area contributed by atoms with Crippen molar-refractivity contribution in [2.45, 2.75) is 20.8 Å². The number of aromatic nitrogens is 3. The van der Waals surface area contributed by atoms with E-state index in [2.05, 4.69) is 55.0 Å². The maximum atomic E-state index is 6.26. The summed E-state index contributed by atoms with van der Waals surface area (Å²) in [6.45, 7) is 6.66. The number of nitrogens with zero attached hydrogens (tertiary/aromatic N) is 3. The van der Waals surface area contributed by atoms with Gasteiger partial charge in [0, 0.05) is 45.1 Å². The Morgan fingerprint density at radius 3 is 1.37 bits per heavy atom. The topological polar surface area (TPSA) is 86.3 Å². The largest absolute Gasteiger partial charge is 2.00 e. The van der Waals surface area contributed by atoms with Crippen LogP contribution in [0.2, 0.25) is 0 Å². The van der Waals surface area contributed by atoms with Crippen LogP contribution in [0.25, 0.3) is 34.2 Å². The van der Waals surface area contributed by atoms with Gasteiger partial charge in [-0.05, 0) is 73.9 Å². The van der Waals surface area contributed by atoms with Crippen molar-refractivity contribution in [2.24, 2.45) is 0 Å². The van der Waals surface area contributed by atoms with Gasteiger partial charge in [0.15, 0.2) is 0 Å². The molecule has 0 aliphatic heterocycles. The standard InChI is InChI=1S/C18H17N3.C2H6N2.Ru.Y/c1-12-4-6-19-15(8-12)17-10-14(3)11-18(21-17)16-9-13(2)5-7-20-16;3-1-2-4;;/h4-11H,1-3H3;3-4H,1-2H2;;/q;-2;+2;. The van der Waals surface area contributed by atoms with Gasteiger partial charge < -0.3 is 11.5 Å². The van der Waals surface area contributed by atoms with E-state index in [1.54, 1.807) is 0 Å². The van der Waals surface area contributed by atoms with Gasteiger partial charge in [-0.2, -0.15) is 13.1 Å². The molecule has 27 heavy (non-hydrogen) atoms. The minimum absolute atomic E-state index is 0. The Balaban J connectivity index is 0.00000103. The molecular formula is C20H23N5RuY. The molecule has 0 bridgehead atoms. The average Bonchev–Trinajstić information content (AvgIpc) is 2.61.